The van der Waals surface area contributed by atoms with Gasteiger partial charge >= 0.3 is 11.8 Å². The van der Waals surface area contributed by atoms with Crippen molar-refractivity contribution < 1.29 is 19.1 Å². The van der Waals surface area contributed by atoms with Crippen LogP contribution in [-0.2, 0) is 34.5 Å². The van der Waals surface area contributed by atoms with Crippen LogP contribution in [0.1, 0.15) is 69.2 Å². The molecule has 5 rings (SSSR count). The number of piperidine rings is 2. The summed E-state index contributed by atoms with van der Waals surface area (Å²) in [7, 11) is 1.70. The smallest absolute Gasteiger partial charge is 0.407 e. The molecular weight excluding hydrogens is 546 g/mol. The van der Waals surface area contributed by atoms with E-state index in [1.165, 1.54) is 10.1 Å². The quantitative estimate of drug-likeness (QED) is 0.349. The number of imide groups is 1. The van der Waals surface area contributed by atoms with E-state index in [2.05, 4.69) is 39.5 Å². The molecular formula is C33H39N5O5. The van der Waals surface area contributed by atoms with E-state index in [9.17, 15) is 19.2 Å². The molecule has 2 aliphatic heterocycles. The summed E-state index contributed by atoms with van der Waals surface area (Å²) in [4.78, 5) is 51.6. The first-order chi connectivity index (χ1) is 20.5. The lowest BCUT2D eigenvalue weighted by Crippen LogP contribution is -2.44. The number of aryl methyl sites for hydroxylation is 1. The zero-order chi connectivity index (χ0) is 30.7. The molecule has 2 aliphatic rings. The van der Waals surface area contributed by atoms with Gasteiger partial charge in [-0.1, -0.05) is 42.2 Å². The number of benzene rings is 2. The highest BCUT2D eigenvalue weighted by Crippen LogP contribution is 2.25. The number of carbonyl (C=O) groups is 3. The predicted octanol–water partition coefficient (Wildman–Crippen LogP) is 3.61. The number of fused-ring (bicyclic) bond motifs is 1. The highest BCUT2D eigenvalue weighted by atomic mass is 16.6. The first-order valence-electron chi connectivity index (χ1n) is 14.8. The first kappa shape index (κ1) is 30.1. The number of carbonyl (C=O) groups excluding carboxylic acids is 3. The zero-order valence-electron chi connectivity index (χ0n) is 25.2. The summed E-state index contributed by atoms with van der Waals surface area (Å²) in [5, 5.41) is 5.14. The molecule has 1 atom stereocenters. The van der Waals surface area contributed by atoms with Crippen LogP contribution in [0.2, 0.25) is 0 Å². The lowest BCUT2D eigenvalue weighted by molar-refractivity contribution is -0.135. The summed E-state index contributed by atoms with van der Waals surface area (Å²) < 4.78 is 8.33. The number of ether oxygens (including phenoxy) is 1. The molecule has 2 saturated heterocycles. The van der Waals surface area contributed by atoms with Crippen molar-refractivity contribution in [3.05, 3.63) is 69.6 Å². The molecule has 0 radical (unpaired) electrons. The average Bonchev–Trinajstić information content (AvgIpc) is 3.21. The van der Waals surface area contributed by atoms with E-state index in [0.717, 1.165) is 43.6 Å². The third kappa shape index (κ3) is 7.17. The molecule has 43 heavy (non-hydrogen) atoms. The Kier molecular flexibility index (Phi) is 8.74. The Labute approximate surface area is 251 Å². The number of para-hydroxylation sites is 1. The summed E-state index contributed by atoms with van der Waals surface area (Å²) in [5.74, 6) is 6.26. The van der Waals surface area contributed by atoms with E-state index in [1.54, 1.807) is 11.6 Å². The van der Waals surface area contributed by atoms with Gasteiger partial charge in [0.15, 0.2) is 0 Å². The number of nitrogens with one attached hydrogen (secondary N) is 2. The van der Waals surface area contributed by atoms with E-state index in [0.29, 0.717) is 24.0 Å². The predicted molar refractivity (Wildman–Crippen MR) is 163 cm³/mol. The van der Waals surface area contributed by atoms with E-state index >= 15 is 0 Å². The number of likely N-dealkylation sites (tertiary alicyclic amines) is 1. The van der Waals surface area contributed by atoms with Crippen molar-refractivity contribution in [1.82, 2.24) is 24.7 Å². The van der Waals surface area contributed by atoms with Crippen LogP contribution in [0.15, 0.2) is 47.3 Å². The molecule has 10 heteroatoms. The van der Waals surface area contributed by atoms with Crippen LogP contribution >= 0.6 is 0 Å². The number of nitrogens with zero attached hydrogens (tertiary/aromatic N) is 3. The van der Waals surface area contributed by atoms with Gasteiger partial charge in [0.05, 0.1) is 16.6 Å². The number of imidazole rings is 1. The second-order valence-electron chi connectivity index (χ2n) is 12.3. The van der Waals surface area contributed by atoms with Crippen LogP contribution in [-0.4, -0.2) is 50.6 Å². The summed E-state index contributed by atoms with van der Waals surface area (Å²) in [6, 6.07) is 13.1. The van der Waals surface area contributed by atoms with Gasteiger partial charge in [-0.15, -0.1) is 0 Å². The Morgan fingerprint density at radius 3 is 2.40 bits per heavy atom. The van der Waals surface area contributed by atoms with Crippen molar-refractivity contribution in [3.8, 4) is 11.8 Å². The molecule has 0 spiro atoms. The highest BCUT2D eigenvalue weighted by molar-refractivity contribution is 6.00. The van der Waals surface area contributed by atoms with Gasteiger partial charge in [0.25, 0.3) is 0 Å². The molecule has 3 aromatic rings. The fourth-order valence-electron chi connectivity index (χ4n) is 5.69. The van der Waals surface area contributed by atoms with Gasteiger partial charge in [-0.3, -0.25) is 28.9 Å². The lowest BCUT2D eigenvalue weighted by Gasteiger charge is -2.29. The largest absolute Gasteiger partial charge is 0.444 e. The van der Waals surface area contributed by atoms with Gasteiger partial charge < -0.3 is 10.1 Å². The Hall–Kier alpha value is -4.36. The number of hydrogen-bond acceptors (Lipinski definition) is 6. The fraction of sp³-hybridized carbons (Fsp3) is 0.455. The van der Waals surface area contributed by atoms with Gasteiger partial charge in [0.2, 0.25) is 11.8 Å². The van der Waals surface area contributed by atoms with E-state index in [1.807, 2.05) is 51.1 Å². The molecule has 2 fully saturated rings. The zero-order valence-corrected chi connectivity index (χ0v) is 25.2. The molecule has 0 saturated carbocycles. The molecule has 226 valence electrons. The van der Waals surface area contributed by atoms with Gasteiger partial charge in [0, 0.05) is 32.5 Å². The average molecular weight is 586 g/mol. The molecule has 2 aromatic carbocycles. The summed E-state index contributed by atoms with van der Waals surface area (Å²) in [6.45, 7) is 8.68. The molecule has 10 nitrogen and oxygen atoms in total. The third-order valence-electron chi connectivity index (χ3n) is 7.89. The molecule has 0 aliphatic carbocycles. The molecule has 3 amide bonds. The Balaban J connectivity index is 1.18. The third-order valence-corrected chi connectivity index (χ3v) is 7.89. The Morgan fingerprint density at radius 1 is 1.02 bits per heavy atom. The standard InChI is InChI=1S/C33H39N5O5/c1-33(2,3)43-31(41)34-20-23-8-10-24(11-9-23)21-37-18-16-22(17-19-37)12-13-25-6-5-7-26-29(25)36(4)32(42)38(26)27-14-15-28(39)35-30(27)40/h5-11,22,27H,14-21H2,1-4H3,(H,34,41)(H,35,39,40). The van der Waals surface area contributed by atoms with Gasteiger partial charge in [-0.05, 0) is 76.4 Å². The van der Waals surface area contributed by atoms with E-state index in [4.69, 9.17) is 4.74 Å². The molecule has 1 unspecified atom stereocenters. The highest BCUT2D eigenvalue weighted by Gasteiger charge is 2.31. The van der Waals surface area contributed by atoms with Crippen LogP contribution in [0.5, 0.6) is 0 Å². The van der Waals surface area contributed by atoms with Crippen molar-refractivity contribution in [1.29, 1.82) is 0 Å². The summed E-state index contributed by atoms with van der Waals surface area (Å²) >= 11 is 0. The maximum atomic E-state index is 13.2. The first-order valence-corrected chi connectivity index (χ1v) is 14.8. The molecule has 1 aromatic heterocycles. The molecule has 0 bridgehead atoms. The number of aromatic nitrogens is 2. The van der Waals surface area contributed by atoms with Crippen molar-refractivity contribution >= 4 is 28.9 Å². The van der Waals surface area contributed by atoms with Crippen LogP contribution in [0.4, 0.5) is 4.79 Å². The van der Waals surface area contributed by atoms with Crippen molar-refractivity contribution in [2.45, 2.75) is 71.2 Å². The minimum absolute atomic E-state index is 0.204. The van der Waals surface area contributed by atoms with Gasteiger partial charge in [0.1, 0.15) is 11.6 Å². The Bertz CT molecular complexity index is 1640. The normalized spacial score (nSPS) is 18.2. The van der Waals surface area contributed by atoms with Gasteiger partial charge in [-0.2, -0.15) is 0 Å². The minimum Gasteiger partial charge on any atom is -0.444 e. The van der Waals surface area contributed by atoms with E-state index < -0.39 is 23.6 Å². The summed E-state index contributed by atoms with van der Waals surface area (Å²) in [5.41, 5.74) is 3.53. The topological polar surface area (TPSA) is 115 Å². The Morgan fingerprint density at radius 2 is 1.72 bits per heavy atom. The van der Waals surface area contributed by atoms with Gasteiger partial charge in [-0.25, -0.2) is 9.59 Å². The molecule has 3 heterocycles. The fourth-order valence-corrected chi connectivity index (χ4v) is 5.69. The number of alkyl carbamates (subject to hydrolysis) is 1. The molecule has 2 N–H and O–H groups in total. The minimum atomic E-state index is -0.716. The van der Waals surface area contributed by atoms with Crippen LogP contribution in [0, 0.1) is 17.8 Å². The van der Waals surface area contributed by atoms with Crippen LogP contribution in [0.3, 0.4) is 0 Å². The monoisotopic (exact) mass is 585 g/mol. The number of amides is 3. The summed E-state index contributed by atoms with van der Waals surface area (Å²) in [6.07, 6.45) is 1.99. The number of hydrogen-bond donors (Lipinski definition) is 2. The van der Waals surface area contributed by atoms with Crippen molar-refractivity contribution in [3.63, 3.8) is 0 Å². The van der Waals surface area contributed by atoms with Crippen molar-refractivity contribution in [2.24, 2.45) is 13.0 Å². The maximum Gasteiger partial charge on any atom is 0.407 e. The maximum absolute atomic E-state index is 13.2. The second kappa shape index (κ2) is 12.5. The van der Waals surface area contributed by atoms with Crippen LogP contribution < -0.4 is 16.3 Å². The van der Waals surface area contributed by atoms with Crippen LogP contribution in [0.25, 0.3) is 11.0 Å². The van der Waals surface area contributed by atoms with E-state index in [-0.39, 0.29) is 23.9 Å². The lowest BCUT2D eigenvalue weighted by atomic mass is 9.96. The van der Waals surface area contributed by atoms with Crippen molar-refractivity contribution in [2.75, 3.05) is 13.1 Å². The second-order valence-corrected chi connectivity index (χ2v) is 12.3. The SMILES string of the molecule is Cn1c(=O)n(C2CCC(=O)NC2=O)c2cccc(C#CC3CCN(Cc4ccc(CNC(=O)OC(C)(C)C)cc4)CC3)c21. The number of rotatable bonds is 5.